The molecule has 1 aliphatic rings. The number of nitrogens with zero attached hydrogens (tertiary/aromatic N) is 2. The molecule has 4 N–H and O–H groups in total. The molecule has 3 rings (SSSR count). The van der Waals surface area contributed by atoms with Crippen molar-refractivity contribution in [2.45, 2.75) is 25.0 Å². The first-order valence-corrected chi connectivity index (χ1v) is 7.34. The second-order valence-electron chi connectivity index (χ2n) is 5.57. The average Bonchev–Trinajstić information content (AvgIpc) is 2.50. The standard InChI is InChI=1S/C16H20N4O2/c1-22-14-9-13(19-16(17)20-14)18-15(11-7-12(21)8-11)10-5-3-2-4-6-10/h2-6,9,11-12,15,21H,7-8H2,1H3,(H3,17,18,19,20)/t11?,12?,15-/m0/s1. The van der Waals surface area contributed by atoms with Gasteiger partial charge in [-0.2, -0.15) is 9.97 Å². The molecular formula is C16H20N4O2. The van der Waals surface area contributed by atoms with Crippen LogP contribution in [0.25, 0.3) is 0 Å². The summed E-state index contributed by atoms with van der Waals surface area (Å²) in [6.07, 6.45) is 1.36. The number of nitrogens with two attached hydrogens (primary N) is 1. The van der Waals surface area contributed by atoms with Crippen molar-refractivity contribution < 1.29 is 9.84 Å². The van der Waals surface area contributed by atoms with Gasteiger partial charge < -0.3 is 20.9 Å². The molecule has 116 valence electrons. The third kappa shape index (κ3) is 3.12. The third-order valence-electron chi connectivity index (χ3n) is 4.01. The normalized spacial score (nSPS) is 21.7. The quantitative estimate of drug-likeness (QED) is 0.782. The van der Waals surface area contributed by atoms with E-state index in [4.69, 9.17) is 10.5 Å². The molecule has 6 heteroatoms. The van der Waals surface area contributed by atoms with E-state index in [9.17, 15) is 5.11 Å². The summed E-state index contributed by atoms with van der Waals surface area (Å²) >= 11 is 0. The molecule has 0 spiro atoms. The maximum atomic E-state index is 9.61. The van der Waals surface area contributed by atoms with Crippen LogP contribution in [-0.4, -0.2) is 28.3 Å². The number of aliphatic hydroxyl groups is 1. The number of nitrogens with one attached hydrogen (secondary N) is 1. The predicted octanol–water partition coefficient (Wildman–Crippen LogP) is 1.99. The first-order chi connectivity index (χ1) is 10.7. The molecule has 1 atom stereocenters. The van der Waals surface area contributed by atoms with E-state index in [2.05, 4.69) is 27.4 Å². The molecule has 0 unspecified atom stereocenters. The van der Waals surface area contributed by atoms with Crippen molar-refractivity contribution in [3.05, 3.63) is 42.0 Å². The summed E-state index contributed by atoms with van der Waals surface area (Å²) in [4.78, 5) is 8.21. The molecule has 0 aliphatic heterocycles. The number of hydrogen-bond acceptors (Lipinski definition) is 6. The fraction of sp³-hybridized carbons (Fsp3) is 0.375. The zero-order valence-corrected chi connectivity index (χ0v) is 12.4. The number of methoxy groups -OCH3 is 1. The SMILES string of the molecule is COc1cc(N[C@@H](c2ccccc2)C2CC(O)C2)nc(N)n1. The number of aromatic nitrogens is 2. The molecule has 0 saturated heterocycles. The van der Waals surface area contributed by atoms with Crippen LogP contribution in [0.1, 0.15) is 24.4 Å². The van der Waals surface area contributed by atoms with Gasteiger partial charge in [0.05, 0.1) is 19.3 Å². The Balaban J connectivity index is 1.85. The predicted molar refractivity (Wildman–Crippen MR) is 84.5 cm³/mol. The molecule has 1 aliphatic carbocycles. The Kier molecular flexibility index (Phi) is 4.11. The minimum Gasteiger partial charge on any atom is -0.481 e. The lowest BCUT2D eigenvalue weighted by atomic mass is 9.75. The summed E-state index contributed by atoms with van der Waals surface area (Å²) in [6, 6.07) is 11.9. The van der Waals surface area contributed by atoms with Crippen LogP contribution in [0.5, 0.6) is 5.88 Å². The highest BCUT2D eigenvalue weighted by molar-refractivity contribution is 5.45. The van der Waals surface area contributed by atoms with Crippen LogP contribution in [0.3, 0.4) is 0 Å². The Bertz CT molecular complexity index is 629. The van der Waals surface area contributed by atoms with Crippen molar-refractivity contribution in [2.24, 2.45) is 5.92 Å². The molecule has 1 fully saturated rings. The number of rotatable bonds is 5. The molecule has 1 heterocycles. The first kappa shape index (κ1) is 14.6. The van der Waals surface area contributed by atoms with Gasteiger partial charge in [-0.15, -0.1) is 0 Å². The van der Waals surface area contributed by atoms with Gasteiger partial charge in [0.2, 0.25) is 11.8 Å². The largest absolute Gasteiger partial charge is 0.481 e. The summed E-state index contributed by atoms with van der Waals surface area (Å²) < 4.78 is 5.13. The van der Waals surface area contributed by atoms with Gasteiger partial charge in [-0.1, -0.05) is 30.3 Å². The van der Waals surface area contributed by atoms with E-state index in [-0.39, 0.29) is 18.1 Å². The molecule has 1 saturated carbocycles. The minimum absolute atomic E-state index is 0.0728. The van der Waals surface area contributed by atoms with E-state index < -0.39 is 0 Å². The summed E-state index contributed by atoms with van der Waals surface area (Å²) in [5, 5.41) is 13.0. The van der Waals surface area contributed by atoms with Crippen LogP contribution in [0.4, 0.5) is 11.8 Å². The fourth-order valence-electron chi connectivity index (χ4n) is 2.82. The maximum absolute atomic E-state index is 9.61. The van der Waals surface area contributed by atoms with Crippen molar-refractivity contribution in [1.29, 1.82) is 0 Å². The van der Waals surface area contributed by atoms with Crippen molar-refractivity contribution in [3.8, 4) is 5.88 Å². The van der Waals surface area contributed by atoms with Crippen molar-refractivity contribution in [1.82, 2.24) is 9.97 Å². The molecule has 0 bridgehead atoms. The monoisotopic (exact) mass is 300 g/mol. The van der Waals surface area contributed by atoms with Crippen LogP contribution >= 0.6 is 0 Å². The Morgan fingerprint density at radius 1 is 1.27 bits per heavy atom. The summed E-state index contributed by atoms with van der Waals surface area (Å²) in [5.41, 5.74) is 6.87. The first-order valence-electron chi connectivity index (χ1n) is 7.34. The van der Waals surface area contributed by atoms with E-state index in [1.54, 1.807) is 13.2 Å². The third-order valence-corrected chi connectivity index (χ3v) is 4.01. The highest BCUT2D eigenvalue weighted by atomic mass is 16.5. The van der Waals surface area contributed by atoms with Crippen molar-refractivity contribution in [3.63, 3.8) is 0 Å². The molecule has 6 nitrogen and oxygen atoms in total. The second kappa shape index (κ2) is 6.19. The maximum Gasteiger partial charge on any atom is 0.225 e. The highest BCUT2D eigenvalue weighted by Gasteiger charge is 2.35. The van der Waals surface area contributed by atoms with E-state index in [0.29, 0.717) is 17.6 Å². The summed E-state index contributed by atoms with van der Waals surface area (Å²) in [7, 11) is 1.54. The van der Waals surface area contributed by atoms with Gasteiger partial charge in [0, 0.05) is 6.07 Å². The van der Waals surface area contributed by atoms with Gasteiger partial charge in [-0.3, -0.25) is 0 Å². The molecule has 2 aromatic rings. The Morgan fingerprint density at radius 3 is 2.64 bits per heavy atom. The Morgan fingerprint density at radius 2 is 2.00 bits per heavy atom. The van der Waals surface area contributed by atoms with Crippen molar-refractivity contribution in [2.75, 3.05) is 18.2 Å². The minimum atomic E-state index is -0.206. The van der Waals surface area contributed by atoms with E-state index in [1.165, 1.54) is 0 Å². The molecule has 1 aromatic carbocycles. The number of hydrogen-bond donors (Lipinski definition) is 3. The van der Waals surface area contributed by atoms with Gasteiger partial charge in [-0.05, 0) is 24.3 Å². The van der Waals surface area contributed by atoms with Crippen LogP contribution in [0, 0.1) is 5.92 Å². The number of benzene rings is 1. The van der Waals surface area contributed by atoms with Gasteiger partial charge in [0.25, 0.3) is 0 Å². The molecule has 0 amide bonds. The fourth-order valence-corrected chi connectivity index (χ4v) is 2.82. The highest BCUT2D eigenvalue weighted by Crippen LogP contribution is 2.40. The van der Waals surface area contributed by atoms with Gasteiger partial charge in [0.15, 0.2) is 0 Å². The summed E-state index contributed by atoms with van der Waals surface area (Å²) in [6.45, 7) is 0. The van der Waals surface area contributed by atoms with Gasteiger partial charge in [0.1, 0.15) is 5.82 Å². The van der Waals surface area contributed by atoms with Crippen LogP contribution < -0.4 is 15.8 Å². The van der Waals surface area contributed by atoms with Gasteiger partial charge >= 0.3 is 0 Å². The van der Waals surface area contributed by atoms with E-state index in [0.717, 1.165) is 18.4 Å². The van der Waals surface area contributed by atoms with Crippen LogP contribution in [0.15, 0.2) is 36.4 Å². The van der Waals surface area contributed by atoms with Gasteiger partial charge in [-0.25, -0.2) is 0 Å². The zero-order chi connectivity index (χ0) is 15.5. The van der Waals surface area contributed by atoms with E-state index >= 15 is 0 Å². The second-order valence-corrected chi connectivity index (χ2v) is 5.57. The smallest absolute Gasteiger partial charge is 0.225 e. The lowest BCUT2D eigenvalue weighted by Crippen LogP contribution is -2.36. The zero-order valence-electron chi connectivity index (χ0n) is 12.4. The average molecular weight is 300 g/mol. The Hall–Kier alpha value is -2.34. The molecule has 1 aromatic heterocycles. The molecule has 0 radical (unpaired) electrons. The lowest BCUT2D eigenvalue weighted by Gasteiger charge is -2.38. The number of anilines is 2. The topological polar surface area (TPSA) is 93.3 Å². The number of ether oxygens (including phenoxy) is 1. The molecule has 22 heavy (non-hydrogen) atoms. The summed E-state index contributed by atoms with van der Waals surface area (Å²) in [5.74, 6) is 1.58. The van der Waals surface area contributed by atoms with Crippen LogP contribution in [0.2, 0.25) is 0 Å². The van der Waals surface area contributed by atoms with Crippen molar-refractivity contribution >= 4 is 11.8 Å². The number of aliphatic hydroxyl groups excluding tert-OH is 1. The lowest BCUT2D eigenvalue weighted by molar-refractivity contribution is 0.0339. The molecular weight excluding hydrogens is 280 g/mol. The number of nitrogen functional groups attached to an aromatic ring is 1. The Labute approximate surface area is 129 Å². The van der Waals surface area contributed by atoms with E-state index in [1.807, 2.05) is 18.2 Å². The van der Waals surface area contributed by atoms with Crippen LogP contribution in [-0.2, 0) is 0 Å².